The topological polar surface area (TPSA) is 46.2 Å². The quantitative estimate of drug-likeness (QED) is 0.682. The highest BCUT2D eigenvalue weighted by Crippen LogP contribution is 2.16. The van der Waals surface area contributed by atoms with Crippen molar-refractivity contribution in [2.45, 2.75) is 17.7 Å². The molecule has 0 bridgehead atoms. The molecular weight excluding hydrogens is 354 g/mol. The molecule has 3 rings (SSSR count). The average Bonchev–Trinajstić information content (AvgIpc) is 2.70. The molecule has 4 heteroatoms. The molecule has 3 nitrogen and oxygen atoms in total. The van der Waals surface area contributed by atoms with Crippen LogP contribution in [0.2, 0.25) is 0 Å². The lowest BCUT2D eigenvalue weighted by Crippen LogP contribution is -2.28. The second-order valence-corrected chi connectivity index (χ2v) is 8.03. The Balaban J connectivity index is 1.82. The van der Waals surface area contributed by atoms with E-state index in [1.165, 1.54) is 0 Å². The van der Waals surface area contributed by atoms with E-state index in [1.807, 2.05) is 67.6 Å². The maximum absolute atomic E-state index is 12.6. The number of nitrogens with one attached hydrogen (secondary N) is 1. The molecule has 0 amide bonds. The van der Waals surface area contributed by atoms with Crippen molar-refractivity contribution >= 4 is 10.0 Å². The molecule has 0 saturated heterocycles. The Morgan fingerprint density at radius 1 is 0.852 bits per heavy atom. The first-order valence-corrected chi connectivity index (χ1v) is 10.2. The van der Waals surface area contributed by atoms with Crippen LogP contribution in [0.25, 0.3) is 0 Å². The van der Waals surface area contributed by atoms with Gasteiger partial charge in [-0.05, 0) is 36.8 Å². The van der Waals surface area contributed by atoms with Crippen molar-refractivity contribution in [1.29, 1.82) is 0 Å². The summed E-state index contributed by atoms with van der Waals surface area (Å²) in [5.74, 6) is 6.11. The Hall–Kier alpha value is -2.87. The fourth-order valence-corrected chi connectivity index (χ4v) is 3.67. The van der Waals surface area contributed by atoms with Gasteiger partial charge in [-0.2, -0.15) is 0 Å². The van der Waals surface area contributed by atoms with Gasteiger partial charge in [0.25, 0.3) is 0 Å². The molecule has 27 heavy (non-hydrogen) atoms. The first-order chi connectivity index (χ1) is 13.0. The Morgan fingerprint density at radius 3 is 2.07 bits per heavy atom. The van der Waals surface area contributed by atoms with Crippen LogP contribution in [0.15, 0.2) is 89.8 Å². The second-order valence-electron chi connectivity index (χ2n) is 6.26. The highest BCUT2D eigenvalue weighted by molar-refractivity contribution is 7.89. The number of hydrogen-bond acceptors (Lipinski definition) is 2. The molecule has 0 aliphatic carbocycles. The summed E-state index contributed by atoms with van der Waals surface area (Å²) in [4.78, 5) is 0.260. The first kappa shape index (κ1) is 18.9. The van der Waals surface area contributed by atoms with Crippen LogP contribution in [-0.2, 0) is 10.0 Å². The lowest BCUT2D eigenvalue weighted by molar-refractivity contribution is 0.579. The van der Waals surface area contributed by atoms with Gasteiger partial charge >= 0.3 is 0 Å². The fourth-order valence-electron chi connectivity index (χ4n) is 2.62. The number of hydrogen-bond donors (Lipinski definition) is 1. The number of sulfonamides is 1. The van der Waals surface area contributed by atoms with Crippen molar-refractivity contribution in [1.82, 2.24) is 4.72 Å². The molecular formula is C23H21NO2S. The summed E-state index contributed by atoms with van der Waals surface area (Å²) >= 11 is 0. The zero-order valence-corrected chi connectivity index (χ0v) is 15.9. The van der Waals surface area contributed by atoms with Gasteiger partial charge in [0.1, 0.15) is 0 Å². The van der Waals surface area contributed by atoms with E-state index in [9.17, 15) is 8.42 Å². The minimum atomic E-state index is -3.58. The third-order valence-electron chi connectivity index (χ3n) is 4.18. The fraction of sp³-hybridized carbons (Fsp3) is 0.130. The molecule has 1 N–H and O–H groups in total. The van der Waals surface area contributed by atoms with Crippen LogP contribution >= 0.6 is 0 Å². The molecule has 1 unspecified atom stereocenters. The molecule has 0 radical (unpaired) electrons. The molecule has 0 spiro atoms. The summed E-state index contributed by atoms with van der Waals surface area (Å²) in [5.41, 5.74) is 2.90. The van der Waals surface area contributed by atoms with Crippen LogP contribution in [0.4, 0.5) is 0 Å². The highest BCUT2D eigenvalue weighted by atomic mass is 32.2. The summed E-state index contributed by atoms with van der Waals surface area (Å²) in [6, 6.07) is 26.2. The van der Waals surface area contributed by atoms with Crippen LogP contribution in [0.1, 0.15) is 22.6 Å². The van der Waals surface area contributed by atoms with E-state index in [0.29, 0.717) is 0 Å². The maximum Gasteiger partial charge on any atom is 0.240 e. The minimum absolute atomic E-state index is 0.208. The minimum Gasteiger partial charge on any atom is -0.210 e. The van der Waals surface area contributed by atoms with E-state index in [4.69, 9.17) is 0 Å². The zero-order chi connectivity index (χ0) is 19.1. The maximum atomic E-state index is 12.6. The Labute approximate surface area is 161 Å². The Bertz CT molecular complexity index is 1030. The zero-order valence-electron chi connectivity index (χ0n) is 15.1. The van der Waals surface area contributed by atoms with E-state index < -0.39 is 10.0 Å². The van der Waals surface area contributed by atoms with Gasteiger partial charge in [0.05, 0.1) is 10.8 Å². The second kappa shape index (κ2) is 8.68. The lowest BCUT2D eigenvalue weighted by Gasteiger charge is -2.13. The summed E-state index contributed by atoms with van der Waals surface area (Å²) in [6.07, 6.45) is 0. The summed E-state index contributed by atoms with van der Waals surface area (Å²) in [7, 11) is -3.58. The van der Waals surface area contributed by atoms with Gasteiger partial charge in [-0.25, -0.2) is 13.1 Å². The van der Waals surface area contributed by atoms with Gasteiger partial charge in [0, 0.05) is 12.1 Å². The van der Waals surface area contributed by atoms with E-state index in [2.05, 4.69) is 16.6 Å². The predicted molar refractivity (Wildman–Crippen MR) is 109 cm³/mol. The third kappa shape index (κ3) is 5.30. The van der Waals surface area contributed by atoms with Gasteiger partial charge in [-0.1, -0.05) is 78.1 Å². The van der Waals surface area contributed by atoms with Gasteiger partial charge in [-0.15, -0.1) is 0 Å². The SMILES string of the molecule is Cc1ccc(S(=O)(=O)NCC(C#Cc2ccccc2)c2ccccc2)cc1. The average molecular weight is 375 g/mol. The van der Waals surface area contributed by atoms with E-state index >= 15 is 0 Å². The van der Waals surface area contributed by atoms with E-state index in [-0.39, 0.29) is 17.4 Å². The van der Waals surface area contributed by atoms with Gasteiger partial charge in [0.15, 0.2) is 0 Å². The molecule has 0 saturated carbocycles. The van der Waals surface area contributed by atoms with Crippen LogP contribution < -0.4 is 4.72 Å². The largest absolute Gasteiger partial charge is 0.240 e. The third-order valence-corrected chi connectivity index (χ3v) is 5.61. The summed E-state index contributed by atoms with van der Waals surface area (Å²) in [5, 5.41) is 0. The van der Waals surface area contributed by atoms with Crippen molar-refractivity contribution in [3.8, 4) is 11.8 Å². The Kier molecular flexibility index (Phi) is 6.08. The number of aryl methyl sites for hydroxylation is 1. The van der Waals surface area contributed by atoms with Crippen molar-refractivity contribution in [3.63, 3.8) is 0 Å². The van der Waals surface area contributed by atoms with Crippen LogP contribution in [0, 0.1) is 18.8 Å². The molecule has 0 fully saturated rings. The van der Waals surface area contributed by atoms with E-state index in [0.717, 1.165) is 16.7 Å². The smallest absolute Gasteiger partial charge is 0.210 e. The van der Waals surface area contributed by atoms with Gasteiger partial charge < -0.3 is 0 Å². The van der Waals surface area contributed by atoms with E-state index in [1.54, 1.807) is 24.3 Å². The monoisotopic (exact) mass is 375 g/mol. The van der Waals surface area contributed by atoms with Crippen molar-refractivity contribution in [3.05, 3.63) is 102 Å². The van der Waals surface area contributed by atoms with Crippen molar-refractivity contribution in [2.24, 2.45) is 0 Å². The summed E-state index contributed by atoms with van der Waals surface area (Å²) < 4.78 is 27.9. The number of benzene rings is 3. The summed E-state index contributed by atoms with van der Waals surface area (Å²) in [6.45, 7) is 2.13. The molecule has 0 aliphatic heterocycles. The van der Waals surface area contributed by atoms with Crippen molar-refractivity contribution < 1.29 is 8.42 Å². The molecule has 0 heterocycles. The van der Waals surface area contributed by atoms with Gasteiger partial charge in [-0.3, -0.25) is 0 Å². The molecule has 3 aromatic carbocycles. The molecule has 3 aromatic rings. The predicted octanol–water partition coefficient (Wildman–Crippen LogP) is 4.11. The van der Waals surface area contributed by atoms with Crippen molar-refractivity contribution in [2.75, 3.05) is 6.54 Å². The normalized spacial score (nSPS) is 12.0. The standard InChI is InChI=1S/C23H21NO2S/c1-19-12-16-23(17-13-19)27(25,26)24-18-22(21-10-6-3-7-11-21)15-14-20-8-4-2-5-9-20/h2-13,16-17,22,24H,18H2,1H3. The molecule has 0 aromatic heterocycles. The molecule has 136 valence electrons. The van der Waals surface area contributed by atoms with Crippen LogP contribution in [0.3, 0.4) is 0 Å². The first-order valence-electron chi connectivity index (χ1n) is 8.72. The van der Waals surface area contributed by atoms with Gasteiger partial charge in [0.2, 0.25) is 10.0 Å². The Morgan fingerprint density at radius 2 is 1.44 bits per heavy atom. The van der Waals surface area contributed by atoms with Crippen LogP contribution in [0.5, 0.6) is 0 Å². The number of rotatable bonds is 5. The lowest BCUT2D eigenvalue weighted by atomic mass is 9.99. The highest BCUT2D eigenvalue weighted by Gasteiger charge is 2.17. The molecule has 1 atom stereocenters. The molecule has 0 aliphatic rings. The van der Waals surface area contributed by atoms with Crippen LogP contribution in [-0.4, -0.2) is 15.0 Å².